The van der Waals surface area contributed by atoms with Crippen molar-refractivity contribution in [2.75, 3.05) is 62.0 Å². The van der Waals surface area contributed by atoms with Gasteiger partial charge >= 0.3 is 17.9 Å². The van der Waals surface area contributed by atoms with Gasteiger partial charge in [0.05, 0.1) is 33.1 Å². The number of nitrogens with zero attached hydrogens (tertiary/aromatic N) is 6. The molecule has 0 radical (unpaired) electrons. The first kappa shape index (κ1) is 72.9. The Kier molecular flexibility index (Phi) is 28.4. The van der Waals surface area contributed by atoms with Gasteiger partial charge in [-0.1, -0.05) is 94.2 Å². The first-order valence-electron chi connectivity index (χ1n) is 30.0. The van der Waals surface area contributed by atoms with E-state index >= 15 is 9.59 Å². The number of rotatable bonds is 16. The van der Waals surface area contributed by atoms with Crippen LogP contribution in [0.25, 0.3) is 0 Å². The van der Waals surface area contributed by atoms with Gasteiger partial charge in [-0.15, -0.1) is 0 Å². The number of carboxylic acids is 1. The van der Waals surface area contributed by atoms with Crippen molar-refractivity contribution >= 4 is 71.1 Å². The zero-order chi connectivity index (χ0) is 65.2. The molecule has 2 aliphatic heterocycles. The van der Waals surface area contributed by atoms with Crippen molar-refractivity contribution in [1.29, 1.82) is 0 Å². The van der Waals surface area contributed by atoms with Crippen molar-refractivity contribution in [2.45, 2.75) is 188 Å². The number of carbonyl (C=O) groups is 12. The van der Waals surface area contributed by atoms with Gasteiger partial charge in [0.15, 0.2) is 6.10 Å². The summed E-state index contributed by atoms with van der Waals surface area (Å²) in [6.45, 7) is 17.6. The summed E-state index contributed by atoms with van der Waals surface area (Å²) in [7, 11) is 8.39. The molecular weight excluding hydrogens is 1110 g/mol. The summed E-state index contributed by atoms with van der Waals surface area (Å²) < 4.78 is 16.5. The van der Waals surface area contributed by atoms with Crippen LogP contribution in [0, 0.1) is 29.6 Å². The van der Waals surface area contributed by atoms with Gasteiger partial charge < -0.3 is 64.7 Å². The van der Waals surface area contributed by atoms with Gasteiger partial charge in [-0.2, -0.15) is 0 Å². The number of piperidine rings is 1. The van der Waals surface area contributed by atoms with Gasteiger partial charge in [0.25, 0.3) is 5.91 Å². The molecule has 25 heteroatoms. The Balaban J connectivity index is 2.29. The first-order chi connectivity index (χ1) is 40.3. The van der Waals surface area contributed by atoms with Crippen LogP contribution >= 0.6 is 0 Å². The molecule has 86 heavy (non-hydrogen) atoms. The summed E-state index contributed by atoms with van der Waals surface area (Å²) in [5.74, 6) is -11.9. The quantitative estimate of drug-likeness (QED) is 0.173. The average molecular weight is 1210 g/mol. The van der Waals surface area contributed by atoms with Crippen LogP contribution in [0.1, 0.15) is 133 Å². The lowest BCUT2D eigenvalue weighted by molar-refractivity contribution is -0.165. The number of methoxy groups -OCH3 is 1. The number of ether oxygens (including phenoxy) is 3. The molecule has 0 bridgehead atoms. The van der Waals surface area contributed by atoms with Gasteiger partial charge in [-0.25, -0.2) is 4.79 Å². The maximum Gasteiger partial charge on any atom is 0.329 e. The van der Waals surface area contributed by atoms with Crippen molar-refractivity contribution in [3.63, 3.8) is 0 Å². The number of nitrogens with one attached hydrogen (secondary N) is 3. The lowest BCUT2D eigenvalue weighted by Gasteiger charge is -2.41. The molecule has 3 rings (SSSR count). The van der Waals surface area contributed by atoms with Crippen LogP contribution in [-0.4, -0.2) is 222 Å². The highest BCUT2D eigenvalue weighted by molar-refractivity contribution is 5.99. The second kappa shape index (κ2) is 33.5. The summed E-state index contributed by atoms with van der Waals surface area (Å²) in [6.07, 6.45) is -0.997. The Morgan fingerprint density at radius 1 is 0.640 bits per heavy atom. The molecule has 2 fully saturated rings. The minimum Gasteiger partial charge on any atom is -0.497 e. The Morgan fingerprint density at radius 3 is 1.73 bits per heavy atom. The Morgan fingerprint density at radius 2 is 1.19 bits per heavy atom. The fourth-order valence-corrected chi connectivity index (χ4v) is 11.2. The second-order valence-electron chi connectivity index (χ2n) is 23.9. The van der Waals surface area contributed by atoms with E-state index in [9.17, 15) is 53.1 Å². The van der Waals surface area contributed by atoms with Crippen molar-refractivity contribution in [1.82, 2.24) is 45.3 Å². The molecule has 2 heterocycles. The minimum atomic E-state index is -1.49. The van der Waals surface area contributed by atoms with E-state index in [0.29, 0.717) is 37.0 Å². The summed E-state index contributed by atoms with van der Waals surface area (Å²) in [5, 5.41) is 17.4. The van der Waals surface area contributed by atoms with Gasteiger partial charge in [0, 0.05) is 54.6 Å². The van der Waals surface area contributed by atoms with Crippen LogP contribution in [0.15, 0.2) is 24.3 Å². The molecule has 2 unspecified atom stereocenters. The van der Waals surface area contributed by atoms with Crippen molar-refractivity contribution in [3.8, 4) is 5.75 Å². The third kappa shape index (κ3) is 19.1. The van der Waals surface area contributed by atoms with Crippen LogP contribution in [0.3, 0.4) is 0 Å². The molecular formula is C61H97N9O16. The molecule has 0 aliphatic carbocycles. The Labute approximate surface area is 507 Å². The molecule has 2 saturated heterocycles. The number of carbonyl (C=O) groups excluding carboxylic acids is 11. The lowest BCUT2D eigenvalue weighted by atomic mass is 9.92. The van der Waals surface area contributed by atoms with Crippen LogP contribution in [-0.2, 0) is 73.4 Å². The highest BCUT2D eigenvalue weighted by Gasteiger charge is 2.45. The fourth-order valence-electron chi connectivity index (χ4n) is 11.2. The largest absolute Gasteiger partial charge is 0.497 e. The standard InChI is InChI=1S/C61H97N9O16/c1-18-37(9)51-53(75)62-33-45(71)66(13)49(35(5)6)54(76)63-42(32-40-23-25-41(84-17)26-24-40)61(83)86-39(11)56(78)70-30-21-20-22-44(70)58(80)67(14)50(36(7)8)55(77)64-48(34(3)4)59(81)65(12)43(29-31-85-47(74)28-27-46(72)73)57(79)69(16)52(38(10)19-2)60(82)68(51)15/h23-26,34-39,42-44,48-52H,18-22,27-33H2,1-17H3,(H,62,75)(H,63,76)(H,64,77)(H,72,73)/t37?,38?,39-,42+,43+,44+,48+,49+,50+,51+,52+/m1/s1. The third-order valence-electron chi connectivity index (χ3n) is 16.6. The van der Waals surface area contributed by atoms with Crippen LogP contribution < -0.4 is 20.7 Å². The molecule has 482 valence electrons. The number of hydrogen-bond donors (Lipinski definition) is 4. The topological polar surface area (TPSA) is 308 Å². The molecule has 2 aliphatic rings. The van der Waals surface area contributed by atoms with Crippen molar-refractivity contribution in [3.05, 3.63) is 29.8 Å². The summed E-state index contributed by atoms with van der Waals surface area (Å²) in [5.41, 5.74) is 0.575. The van der Waals surface area contributed by atoms with Crippen LogP contribution in [0.5, 0.6) is 5.75 Å². The molecule has 9 amide bonds. The number of aliphatic carboxylic acids is 1. The third-order valence-corrected chi connectivity index (χ3v) is 16.6. The van der Waals surface area contributed by atoms with Crippen LogP contribution in [0.4, 0.5) is 0 Å². The van der Waals surface area contributed by atoms with E-state index in [1.54, 1.807) is 86.6 Å². The second-order valence-corrected chi connectivity index (χ2v) is 23.9. The van der Waals surface area contributed by atoms with E-state index in [-0.39, 0.29) is 25.8 Å². The maximum absolute atomic E-state index is 15.2. The summed E-state index contributed by atoms with van der Waals surface area (Å²) >= 11 is 0. The predicted molar refractivity (Wildman–Crippen MR) is 317 cm³/mol. The number of cyclic esters (lactones) is 1. The molecule has 4 N–H and O–H groups in total. The summed E-state index contributed by atoms with van der Waals surface area (Å²) in [4.78, 5) is 178. The molecule has 0 spiro atoms. The SMILES string of the molecule is CCC(C)[C@H]1C(=O)NCC(=O)N(C)[C@@H](C(C)C)C(=O)N[C@@H](Cc2ccc(OC)cc2)C(=O)O[C@H](C)C(=O)N2CCCC[C@H]2C(=O)N(C)[C@@H](C(C)C)C(=O)N[C@@H](C(C)C)C(=O)N(C)[C@@H](CCOC(=O)CCC(=O)O)C(=O)N(C)[C@@H](C(C)CC)C(=O)N1C. The monoisotopic (exact) mass is 1210 g/mol. The van der Waals surface area contributed by atoms with E-state index in [4.69, 9.17) is 14.2 Å². The van der Waals surface area contributed by atoms with E-state index in [1.165, 1.54) is 68.9 Å². The molecule has 1 aromatic rings. The average Bonchev–Trinajstić information content (AvgIpc) is 3.34. The van der Waals surface area contributed by atoms with E-state index in [1.807, 2.05) is 6.92 Å². The van der Waals surface area contributed by atoms with Gasteiger partial charge in [0.1, 0.15) is 54.1 Å². The number of likely N-dealkylation sites (N-methyl/N-ethyl adjacent to an activating group) is 5. The smallest absolute Gasteiger partial charge is 0.329 e. The Hall–Kier alpha value is -7.34. The normalized spacial score (nSPS) is 25.6. The number of hydrogen-bond acceptors (Lipinski definition) is 15. The Bertz CT molecular complexity index is 2560. The van der Waals surface area contributed by atoms with E-state index in [0.717, 1.165) is 9.80 Å². The van der Waals surface area contributed by atoms with Gasteiger partial charge in [-0.3, -0.25) is 52.7 Å². The van der Waals surface area contributed by atoms with E-state index < -0.39 is 181 Å². The number of esters is 2. The van der Waals surface area contributed by atoms with Crippen LogP contribution in [0.2, 0.25) is 0 Å². The maximum atomic E-state index is 15.2. The van der Waals surface area contributed by atoms with E-state index in [2.05, 4.69) is 16.0 Å². The van der Waals surface area contributed by atoms with Crippen molar-refractivity contribution < 1.29 is 76.9 Å². The zero-order valence-corrected chi connectivity index (χ0v) is 53.6. The molecule has 0 aromatic heterocycles. The lowest BCUT2D eigenvalue weighted by Crippen LogP contribution is -2.63. The summed E-state index contributed by atoms with van der Waals surface area (Å²) in [6, 6.07) is -3.58. The molecule has 25 nitrogen and oxygen atoms in total. The number of benzene rings is 1. The number of carboxylic acid groups (broad SMARTS) is 1. The van der Waals surface area contributed by atoms with Gasteiger partial charge in [-0.05, 0) is 73.5 Å². The minimum absolute atomic E-state index is 0.0977. The first-order valence-corrected chi connectivity index (χ1v) is 30.0. The molecule has 0 saturated carbocycles. The fraction of sp³-hybridized carbons (Fsp3) is 0.705. The number of fused-ring (bicyclic) bond motifs is 1. The highest BCUT2D eigenvalue weighted by atomic mass is 16.6. The predicted octanol–water partition coefficient (Wildman–Crippen LogP) is 2.64. The zero-order valence-electron chi connectivity index (χ0n) is 53.6. The number of amides is 9. The van der Waals surface area contributed by atoms with Crippen molar-refractivity contribution in [2.24, 2.45) is 29.6 Å². The molecule has 11 atom stereocenters. The molecule has 1 aromatic carbocycles. The highest BCUT2D eigenvalue weighted by Crippen LogP contribution is 2.27. The van der Waals surface area contributed by atoms with Gasteiger partial charge in [0.2, 0.25) is 47.3 Å².